The first-order chi connectivity index (χ1) is 13.7. The maximum Gasteiger partial charge on any atom is 0.233 e. The highest BCUT2D eigenvalue weighted by Crippen LogP contribution is 2.22. The van der Waals surface area contributed by atoms with Crippen LogP contribution in [0.15, 0.2) is 66.1 Å². The minimum absolute atomic E-state index is 0.123. The van der Waals surface area contributed by atoms with E-state index in [-0.39, 0.29) is 5.91 Å². The highest BCUT2D eigenvalue weighted by molar-refractivity contribution is 7.99. The van der Waals surface area contributed by atoms with Gasteiger partial charge in [-0.15, -0.1) is 10.2 Å². The molecule has 2 aromatic carbocycles. The fourth-order valence-electron chi connectivity index (χ4n) is 3.20. The van der Waals surface area contributed by atoms with Crippen LogP contribution in [0.4, 0.5) is 5.69 Å². The van der Waals surface area contributed by atoms with E-state index in [4.69, 9.17) is 11.6 Å². The Hall–Kier alpha value is -2.51. The van der Waals surface area contributed by atoms with Gasteiger partial charge in [0.1, 0.15) is 6.33 Å². The lowest BCUT2D eigenvalue weighted by Crippen LogP contribution is -2.49. The van der Waals surface area contributed by atoms with Crippen LogP contribution in [0.5, 0.6) is 0 Å². The van der Waals surface area contributed by atoms with Crippen molar-refractivity contribution in [2.45, 2.75) is 5.16 Å². The number of piperazine rings is 1. The molecule has 1 fully saturated rings. The topological polar surface area (TPSA) is 54.3 Å². The van der Waals surface area contributed by atoms with E-state index in [0.29, 0.717) is 15.9 Å². The van der Waals surface area contributed by atoms with Crippen molar-refractivity contribution >= 4 is 35.0 Å². The number of carbonyl (C=O) groups excluding carboxylic acids is 1. The summed E-state index contributed by atoms with van der Waals surface area (Å²) in [6.45, 7) is 3.16. The normalized spacial score (nSPS) is 14.3. The van der Waals surface area contributed by atoms with Crippen LogP contribution in [0.2, 0.25) is 5.02 Å². The summed E-state index contributed by atoms with van der Waals surface area (Å²) in [7, 11) is 0. The quantitative estimate of drug-likeness (QED) is 0.600. The molecule has 144 valence electrons. The summed E-state index contributed by atoms with van der Waals surface area (Å²) in [6.07, 6.45) is 1.64. The maximum absolute atomic E-state index is 12.6. The molecule has 1 aliphatic rings. The number of carbonyl (C=O) groups is 1. The van der Waals surface area contributed by atoms with E-state index in [1.807, 2.05) is 51.9 Å². The van der Waals surface area contributed by atoms with Crippen LogP contribution in [0.3, 0.4) is 0 Å². The van der Waals surface area contributed by atoms with Crippen molar-refractivity contribution in [1.29, 1.82) is 0 Å². The second-order valence-corrected chi connectivity index (χ2v) is 7.83. The fourth-order valence-corrected chi connectivity index (χ4v) is 4.21. The molecule has 1 aromatic heterocycles. The van der Waals surface area contributed by atoms with Gasteiger partial charge in [0.05, 0.1) is 11.4 Å². The van der Waals surface area contributed by atoms with Gasteiger partial charge in [-0.05, 0) is 30.3 Å². The van der Waals surface area contributed by atoms with E-state index in [0.717, 1.165) is 31.9 Å². The Kier molecular flexibility index (Phi) is 5.83. The first-order valence-electron chi connectivity index (χ1n) is 9.07. The summed E-state index contributed by atoms with van der Waals surface area (Å²) in [6, 6.07) is 17.8. The van der Waals surface area contributed by atoms with Crippen LogP contribution >= 0.6 is 23.4 Å². The number of nitrogens with zero attached hydrogens (tertiary/aromatic N) is 5. The number of thioether (sulfide) groups is 1. The largest absolute Gasteiger partial charge is 0.368 e. The monoisotopic (exact) mass is 413 g/mol. The van der Waals surface area contributed by atoms with E-state index >= 15 is 0 Å². The third-order valence-electron chi connectivity index (χ3n) is 4.68. The van der Waals surface area contributed by atoms with E-state index < -0.39 is 0 Å². The van der Waals surface area contributed by atoms with Gasteiger partial charge in [-0.25, -0.2) is 0 Å². The van der Waals surface area contributed by atoms with E-state index in [2.05, 4.69) is 27.2 Å². The minimum atomic E-state index is 0.123. The number of anilines is 1. The van der Waals surface area contributed by atoms with Gasteiger partial charge in [0.2, 0.25) is 5.91 Å². The minimum Gasteiger partial charge on any atom is -0.368 e. The lowest BCUT2D eigenvalue weighted by atomic mass is 10.2. The molecule has 0 aliphatic carbocycles. The highest BCUT2D eigenvalue weighted by Gasteiger charge is 2.22. The number of hydrogen-bond donors (Lipinski definition) is 0. The zero-order chi connectivity index (χ0) is 19.3. The molecule has 0 N–H and O–H groups in total. The number of halogens is 1. The lowest BCUT2D eigenvalue weighted by Gasteiger charge is -2.36. The van der Waals surface area contributed by atoms with Crippen LogP contribution in [-0.4, -0.2) is 57.5 Å². The van der Waals surface area contributed by atoms with Gasteiger partial charge in [0.25, 0.3) is 0 Å². The van der Waals surface area contributed by atoms with Crippen LogP contribution in [-0.2, 0) is 4.79 Å². The van der Waals surface area contributed by atoms with Gasteiger partial charge in [-0.2, -0.15) is 0 Å². The predicted octanol–water partition coefficient (Wildman–Crippen LogP) is 3.36. The van der Waals surface area contributed by atoms with Crippen LogP contribution in [0, 0.1) is 0 Å². The number of amides is 1. The summed E-state index contributed by atoms with van der Waals surface area (Å²) in [5, 5.41) is 9.45. The van der Waals surface area contributed by atoms with E-state index in [1.54, 1.807) is 6.33 Å². The van der Waals surface area contributed by atoms with Crippen molar-refractivity contribution in [3.05, 3.63) is 65.9 Å². The van der Waals surface area contributed by atoms with Gasteiger partial charge < -0.3 is 9.80 Å². The summed E-state index contributed by atoms with van der Waals surface area (Å²) in [5.41, 5.74) is 2.09. The number of rotatable bonds is 5. The van der Waals surface area contributed by atoms with Crippen molar-refractivity contribution in [2.24, 2.45) is 0 Å². The average Bonchev–Trinajstić information content (AvgIpc) is 3.21. The summed E-state index contributed by atoms with van der Waals surface area (Å²) in [4.78, 5) is 16.9. The smallest absolute Gasteiger partial charge is 0.233 e. The van der Waals surface area contributed by atoms with Crippen molar-refractivity contribution in [3.8, 4) is 5.69 Å². The maximum atomic E-state index is 12.6. The molecule has 1 amide bonds. The van der Waals surface area contributed by atoms with Crippen LogP contribution in [0.25, 0.3) is 5.69 Å². The number of aromatic nitrogens is 3. The predicted molar refractivity (Wildman–Crippen MR) is 112 cm³/mol. The summed E-state index contributed by atoms with van der Waals surface area (Å²) in [5.74, 6) is 0.461. The summed E-state index contributed by atoms with van der Waals surface area (Å²) >= 11 is 7.47. The first-order valence-corrected chi connectivity index (χ1v) is 10.4. The molecule has 0 bridgehead atoms. The van der Waals surface area contributed by atoms with Crippen molar-refractivity contribution in [3.63, 3.8) is 0 Å². The molecule has 4 rings (SSSR count). The lowest BCUT2D eigenvalue weighted by molar-refractivity contribution is -0.128. The Balaban J connectivity index is 1.33. The molecule has 0 atom stereocenters. The number of para-hydroxylation sites is 1. The van der Waals surface area contributed by atoms with Gasteiger partial charge in [-0.1, -0.05) is 47.6 Å². The molecule has 8 heteroatoms. The molecule has 1 aliphatic heterocycles. The van der Waals surface area contributed by atoms with Gasteiger partial charge in [0, 0.05) is 36.9 Å². The fraction of sp³-hybridized carbons (Fsp3) is 0.250. The molecule has 1 saturated heterocycles. The standard InChI is InChI=1S/C20H20ClN5OS/c21-16-5-4-8-18(13-16)26-15-22-23-20(26)28-14-19(27)25-11-9-24(10-12-25)17-6-2-1-3-7-17/h1-8,13,15H,9-12,14H2. The molecule has 3 aromatic rings. The molecule has 2 heterocycles. The second-order valence-electron chi connectivity index (χ2n) is 6.46. The second kappa shape index (κ2) is 8.67. The zero-order valence-electron chi connectivity index (χ0n) is 15.2. The Morgan fingerprint density at radius 1 is 1.00 bits per heavy atom. The number of hydrogen-bond acceptors (Lipinski definition) is 5. The van der Waals surface area contributed by atoms with Crippen molar-refractivity contribution in [2.75, 3.05) is 36.8 Å². The van der Waals surface area contributed by atoms with Gasteiger partial charge >= 0.3 is 0 Å². The SMILES string of the molecule is O=C(CSc1nncn1-c1cccc(Cl)c1)N1CCN(c2ccccc2)CC1. The van der Waals surface area contributed by atoms with E-state index in [1.165, 1.54) is 17.4 Å². The van der Waals surface area contributed by atoms with Gasteiger partial charge in [0.15, 0.2) is 5.16 Å². The van der Waals surface area contributed by atoms with Crippen LogP contribution in [0.1, 0.15) is 0 Å². The average molecular weight is 414 g/mol. The Bertz CT molecular complexity index is 941. The molecular weight excluding hydrogens is 394 g/mol. The molecule has 6 nitrogen and oxygen atoms in total. The molecule has 28 heavy (non-hydrogen) atoms. The van der Waals surface area contributed by atoms with Crippen molar-refractivity contribution in [1.82, 2.24) is 19.7 Å². The summed E-state index contributed by atoms with van der Waals surface area (Å²) < 4.78 is 1.84. The third-order valence-corrected chi connectivity index (χ3v) is 5.84. The number of benzene rings is 2. The zero-order valence-corrected chi connectivity index (χ0v) is 16.8. The Morgan fingerprint density at radius 2 is 1.75 bits per heavy atom. The Morgan fingerprint density at radius 3 is 2.50 bits per heavy atom. The van der Waals surface area contributed by atoms with Crippen LogP contribution < -0.4 is 4.90 Å². The highest BCUT2D eigenvalue weighted by atomic mass is 35.5. The third kappa shape index (κ3) is 4.31. The molecule has 0 saturated carbocycles. The molecule has 0 spiro atoms. The Labute approximate surface area is 173 Å². The molecule has 0 unspecified atom stereocenters. The molecular formula is C20H20ClN5OS. The van der Waals surface area contributed by atoms with E-state index in [9.17, 15) is 4.79 Å². The molecule has 0 radical (unpaired) electrons. The first kappa shape index (κ1) is 18.8. The van der Waals surface area contributed by atoms with Crippen molar-refractivity contribution < 1.29 is 4.79 Å². The van der Waals surface area contributed by atoms with Gasteiger partial charge in [-0.3, -0.25) is 9.36 Å².